The minimum absolute atomic E-state index is 0.247. The van der Waals surface area contributed by atoms with Gasteiger partial charge in [0, 0.05) is 24.5 Å². The van der Waals surface area contributed by atoms with Crippen molar-refractivity contribution >= 4 is 5.91 Å². The maximum atomic E-state index is 13.3. The third kappa shape index (κ3) is 4.21. The number of carbonyl (C=O) groups excluding carboxylic acids is 1. The molecule has 144 valence electrons. The van der Waals surface area contributed by atoms with Gasteiger partial charge in [-0.25, -0.2) is 9.07 Å². The molecule has 29 heavy (non-hydrogen) atoms. The molecule has 0 aliphatic rings. The van der Waals surface area contributed by atoms with Gasteiger partial charge in [0.25, 0.3) is 5.91 Å². The Hall–Kier alpha value is -3.80. The van der Waals surface area contributed by atoms with Crippen LogP contribution in [0.25, 0.3) is 16.9 Å². The summed E-state index contributed by atoms with van der Waals surface area (Å²) in [6.45, 7) is 2.38. The zero-order valence-electron chi connectivity index (χ0n) is 15.8. The van der Waals surface area contributed by atoms with E-state index in [1.54, 1.807) is 35.3 Å². The van der Waals surface area contributed by atoms with Crippen LogP contribution in [0.1, 0.15) is 21.6 Å². The normalized spacial score (nSPS) is 10.7. The molecule has 4 rings (SSSR count). The molecule has 2 aromatic heterocycles. The standard InChI is InChI=1S/C23H19FN4O/c1-16-2-8-20(9-3-16)28-22(23(29)26-15-17-10-12-25-13-11-17)14-21(27-28)18-4-6-19(24)7-5-18/h2-14H,15H2,1H3,(H,26,29). The first-order valence-electron chi connectivity index (χ1n) is 9.20. The second kappa shape index (κ2) is 8.06. The van der Waals surface area contributed by atoms with Gasteiger partial charge in [-0.3, -0.25) is 9.78 Å². The number of hydrogen-bond donors (Lipinski definition) is 1. The molecule has 0 saturated heterocycles. The molecule has 0 spiro atoms. The van der Waals surface area contributed by atoms with Gasteiger partial charge in [0.05, 0.1) is 11.4 Å². The Bertz CT molecular complexity index is 1120. The molecule has 0 saturated carbocycles. The Morgan fingerprint density at radius 2 is 1.69 bits per heavy atom. The van der Waals surface area contributed by atoms with Gasteiger partial charge in [-0.2, -0.15) is 5.10 Å². The fraction of sp³-hybridized carbons (Fsp3) is 0.0870. The molecule has 6 heteroatoms. The highest BCUT2D eigenvalue weighted by atomic mass is 19.1. The zero-order chi connectivity index (χ0) is 20.2. The van der Waals surface area contributed by atoms with E-state index in [0.29, 0.717) is 17.9 Å². The van der Waals surface area contributed by atoms with Gasteiger partial charge in [0.1, 0.15) is 11.5 Å². The number of halogens is 1. The highest BCUT2D eigenvalue weighted by molar-refractivity contribution is 5.94. The summed E-state index contributed by atoms with van der Waals surface area (Å²) in [6, 6.07) is 19.2. The Balaban J connectivity index is 1.69. The topological polar surface area (TPSA) is 59.8 Å². The van der Waals surface area contributed by atoms with Crippen LogP contribution in [0.3, 0.4) is 0 Å². The number of rotatable bonds is 5. The van der Waals surface area contributed by atoms with Gasteiger partial charge in [-0.1, -0.05) is 17.7 Å². The van der Waals surface area contributed by atoms with Crippen LogP contribution in [0.4, 0.5) is 4.39 Å². The number of benzene rings is 2. The second-order valence-electron chi connectivity index (χ2n) is 6.71. The van der Waals surface area contributed by atoms with Crippen LogP contribution in [-0.2, 0) is 6.54 Å². The third-order valence-corrected chi connectivity index (χ3v) is 4.56. The average Bonchev–Trinajstić information content (AvgIpc) is 3.19. The first kappa shape index (κ1) is 18.6. The molecule has 0 unspecified atom stereocenters. The lowest BCUT2D eigenvalue weighted by molar-refractivity contribution is 0.0943. The Kier molecular flexibility index (Phi) is 5.16. The summed E-state index contributed by atoms with van der Waals surface area (Å²) in [6.07, 6.45) is 3.37. The molecule has 0 fully saturated rings. The molecule has 1 N–H and O–H groups in total. The summed E-state index contributed by atoms with van der Waals surface area (Å²) in [5.41, 5.74) is 4.58. The van der Waals surface area contributed by atoms with Crippen LogP contribution < -0.4 is 5.32 Å². The number of aryl methyl sites for hydroxylation is 1. The lowest BCUT2D eigenvalue weighted by Gasteiger charge is -2.09. The SMILES string of the molecule is Cc1ccc(-n2nc(-c3ccc(F)cc3)cc2C(=O)NCc2ccncc2)cc1. The van der Waals surface area contributed by atoms with Gasteiger partial charge in [-0.15, -0.1) is 0 Å². The van der Waals surface area contributed by atoms with Crippen molar-refractivity contribution in [2.75, 3.05) is 0 Å². The first-order chi connectivity index (χ1) is 14.1. The van der Waals surface area contributed by atoms with Crippen molar-refractivity contribution in [2.24, 2.45) is 0 Å². The van der Waals surface area contributed by atoms with Crippen LogP contribution in [0.2, 0.25) is 0 Å². The number of nitrogens with one attached hydrogen (secondary N) is 1. The highest BCUT2D eigenvalue weighted by Crippen LogP contribution is 2.22. The summed E-state index contributed by atoms with van der Waals surface area (Å²) < 4.78 is 14.9. The summed E-state index contributed by atoms with van der Waals surface area (Å²) in [7, 11) is 0. The predicted octanol–water partition coefficient (Wildman–Crippen LogP) is 4.31. The third-order valence-electron chi connectivity index (χ3n) is 4.56. The molecular weight excluding hydrogens is 367 g/mol. The number of aromatic nitrogens is 3. The predicted molar refractivity (Wildman–Crippen MR) is 109 cm³/mol. The number of carbonyl (C=O) groups is 1. The van der Waals surface area contributed by atoms with E-state index in [4.69, 9.17) is 0 Å². The summed E-state index contributed by atoms with van der Waals surface area (Å²) in [5, 5.41) is 7.53. The number of amides is 1. The fourth-order valence-corrected chi connectivity index (χ4v) is 2.96. The van der Waals surface area contributed by atoms with Crippen molar-refractivity contribution in [3.8, 4) is 16.9 Å². The molecule has 4 aromatic rings. The average molecular weight is 386 g/mol. The molecule has 0 bridgehead atoms. The van der Waals surface area contributed by atoms with E-state index in [1.807, 2.05) is 43.3 Å². The molecule has 0 aliphatic carbocycles. The lowest BCUT2D eigenvalue weighted by Crippen LogP contribution is -2.25. The van der Waals surface area contributed by atoms with E-state index in [0.717, 1.165) is 22.4 Å². The van der Waals surface area contributed by atoms with Gasteiger partial charge < -0.3 is 5.32 Å². The highest BCUT2D eigenvalue weighted by Gasteiger charge is 2.17. The van der Waals surface area contributed by atoms with Crippen molar-refractivity contribution < 1.29 is 9.18 Å². The van der Waals surface area contributed by atoms with Gasteiger partial charge in [-0.05, 0) is 67.1 Å². The van der Waals surface area contributed by atoms with Gasteiger partial charge >= 0.3 is 0 Å². The van der Waals surface area contributed by atoms with Crippen LogP contribution in [0.15, 0.2) is 79.1 Å². The first-order valence-corrected chi connectivity index (χ1v) is 9.20. The fourth-order valence-electron chi connectivity index (χ4n) is 2.96. The molecule has 1 amide bonds. The van der Waals surface area contributed by atoms with Crippen molar-refractivity contribution in [1.29, 1.82) is 0 Å². The molecule has 2 aromatic carbocycles. The van der Waals surface area contributed by atoms with Gasteiger partial charge in [0.15, 0.2) is 0 Å². The van der Waals surface area contributed by atoms with E-state index in [1.165, 1.54) is 12.1 Å². The van der Waals surface area contributed by atoms with Crippen LogP contribution in [0.5, 0.6) is 0 Å². The quantitative estimate of drug-likeness (QED) is 0.556. The van der Waals surface area contributed by atoms with Crippen molar-refractivity contribution in [3.63, 3.8) is 0 Å². The zero-order valence-corrected chi connectivity index (χ0v) is 15.8. The van der Waals surface area contributed by atoms with E-state index < -0.39 is 0 Å². The maximum Gasteiger partial charge on any atom is 0.270 e. The minimum Gasteiger partial charge on any atom is -0.347 e. The van der Waals surface area contributed by atoms with E-state index in [9.17, 15) is 9.18 Å². The van der Waals surface area contributed by atoms with E-state index >= 15 is 0 Å². The molecule has 2 heterocycles. The van der Waals surface area contributed by atoms with Crippen molar-refractivity contribution in [1.82, 2.24) is 20.1 Å². The van der Waals surface area contributed by atoms with Crippen molar-refractivity contribution in [3.05, 3.63) is 102 Å². The second-order valence-corrected chi connectivity index (χ2v) is 6.71. The summed E-state index contributed by atoms with van der Waals surface area (Å²) in [4.78, 5) is 16.9. The molecule has 0 aliphatic heterocycles. The number of hydrogen-bond acceptors (Lipinski definition) is 3. The van der Waals surface area contributed by atoms with Crippen LogP contribution in [0, 0.1) is 12.7 Å². The molecule has 0 radical (unpaired) electrons. The Morgan fingerprint density at radius 1 is 1.00 bits per heavy atom. The minimum atomic E-state index is -0.318. The van der Waals surface area contributed by atoms with E-state index in [-0.39, 0.29) is 11.7 Å². The smallest absolute Gasteiger partial charge is 0.270 e. The summed E-state index contributed by atoms with van der Waals surface area (Å²) >= 11 is 0. The Morgan fingerprint density at radius 3 is 2.38 bits per heavy atom. The number of nitrogens with zero attached hydrogens (tertiary/aromatic N) is 3. The van der Waals surface area contributed by atoms with Gasteiger partial charge in [0.2, 0.25) is 0 Å². The number of pyridine rings is 1. The maximum absolute atomic E-state index is 13.3. The van der Waals surface area contributed by atoms with Crippen LogP contribution in [-0.4, -0.2) is 20.7 Å². The summed E-state index contributed by atoms with van der Waals surface area (Å²) in [5.74, 6) is -0.565. The Labute approximate surface area is 167 Å². The molecule has 0 atom stereocenters. The van der Waals surface area contributed by atoms with Crippen LogP contribution >= 0.6 is 0 Å². The molecule has 5 nitrogen and oxygen atoms in total. The molecular formula is C23H19FN4O. The lowest BCUT2D eigenvalue weighted by atomic mass is 10.1. The largest absolute Gasteiger partial charge is 0.347 e. The van der Waals surface area contributed by atoms with E-state index in [2.05, 4.69) is 15.4 Å². The van der Waals surface area contributed by atoms with Crippen molar-refractivity contribution in [2.45, 2.75) is 13.5 Å². The monoisotopic (exact) mass is 386 g/mol.